The zero-order valence-corrected chi connectivity index (χ0v) is 19.5. The zero-order chi connectivity index (χ0) is 21.3. The predicted octanol–water partition coefficient (Wildman–Crippen LogP) is 3.77. The van der Waals surface area contributed by atoms with Crippen LogP contribution in [0.2, 0.25) is 0 Å². The lowest BCUT2D eigenvalue weighted by molar-refractivity contribution is 0.199. The first-order valence-electron chi connectivity index (χ1n) is 9.99. The molecule has 1 atom stereocenters. The van der Waals surface area contributed by atoms with Crippen molar-refractivity contribution in [3.05, 3.63) is 53.8 Å². The van der Waals surface area contributed by atoms with Crippen LogP contribution in [0.15, 0.2) is 52.0 Å². The molecular formula is C22H28ClN3O4S. The molecule has 1 fully saturated rings. The first-order valence-corrected chi connectivity index (χ1v) is 11.5. The van der Waals surface area contributed by atoms with E-state index in [1.165, 1.54) is 7.11 Å². The molecule has 0 bridgehead atoms. The highest BCUT2D eigenvalue weighted by Gasteiger charge is 2.22. The molecule has 0 amide bonds. The number of benzene rings is 2. The fraction of sp³-hybridized carbons (Fsp3) is 0.364. The first-order chi connectivity index (χ1) is 14.4. The first kappa shape index (κ1) is 23.4. The van der Waals surface area contributed by atoms with E-state index in [4.69, 9.17) is 9.15 Å². The van der Waals surface area contributed by atoms with Gasteiger partial charge in [0.25, 0.3) is 10.0 Å². The summed E-state index contributed by atoms with van der Waals surface area (Å²) in [4.78, 5) is 2.52. The van der Waals surface area contributed by atoms with Crippen molar-refractivity contribution in [3.8, 4) is 5.75 Å². The summed E-state index contributed by atoms with van der Waals surface area (Å²) < 4.78 is 40.1. The Hall–Kier alpha value is -2.26. The average Bonchev–Trinajstić information content (AvgIpc) is 3.17. The molecule has 1 aliphatic rings. The van der Waals surface area contributed by atoms with E-state index < -0.39 is 10.0 Å². The Balaban J connectivity index is 0.00000272. The van der Waals surface area contributed by atoms with Crippen LogP contribution in [-0.4, -0.2) is 46.1 Å². The average molecular weight is 466 g/mol. The highest BCUT2D eigenvalue weighted by atomic mass is 35.5. The number of furan rings is 1. The number of halogens is 1. The smallest absolute Gasteiger partial charge is 0.262 e. The van der Waals surface area contributed by atoms with Gasteiger partial charge in [0, 0.05) is 43.2 Å². The van der Waals surface area contributed by atoms with Gasteiger partial charge in [0.05, 0.1) is 24.0 Å². The van der Waals surface area contributed by atoms with E-state index in [-0.39, 0.29) is 17.3 Å². The molecule has 1 saturated heterocycles. The molecule has 2 heterocycles. The van der Waals surface area contributed by atoms with Crippen LogP contribution in [0.25, 0.3) is 11.0 Å². The van der Waals surface area contributed by atoms with Crippen LogP contribution in [0.5, 0.6) is 5.75 Å². The van der Waals surface area contributed by atoms with E-state index >= 15 is 0 Å². The van der Waals surface area contributed by atoms with Crippen LogP contribution in [-0.2, 0) is 16.6 Å². The Kier molecular flexibility index (Phi) is 7.16. The van der Waals surface area contributed by atoms with Crippen LogP contribution in [0, 0.1) is 6.92 Å². The van der Waals surface area contributed by atoms with Gasteiger partial charge in [-0.15, -0.1) is 12.4 Å². The second-order valence-corrected chi connectivity index (χ2v) is 9.50. The molecule has 7 nitrogen and oxygen atoms in total. The van der Waals surface area contributed by atoms with Gasteiger partial charge in [-0.25, -0.2) is 8.42 Å². The lowest BCUT2D eigenvalue weighted by Gasteiger charge is -2.31. The third kappa shape index (κ3) is 5.15. The number of sulfonamides is 1. The van der Waals surface area contributed by atoms with E-state index in [1.54, 1.807) is 36.6 Å². The minimum atomic E-state index is -3.81. The third-order valence-electron chi connectivity index (χ3n) is 5.36. The lowest BCUT2D eigenvalue weighted by atomic mass is 10.1. The van der Waals surface area contributed by atoms with Gasteiger partial charge >= 0.3 is 0 Å². The summed E-state index contributed by atoms with van der Waals surface area (Å²) in [6.07, 6.45) is 1.60. The van der Waals surface area contributed by atoms with Gasteiger partial charge in [-0.3, -0.25) is 9.62 Å². The second-order valence-electron chi connectivity index (χ2n) is 7.82. The number of piperazine rings is 1. The standard InChI is InChI=1S/C22H27N3O4S.ClH/c1-15-4-5-21(28-3)20(10-15)24-30(26,27)19-11-17-6-9-29-22(17)18(12-19)14-25-8-7-23-16(2)13-25;/h4-6,9-12,16,23-24H,7-8,13-14H2,1-3H3;1H. The molecule has 9 heteroatoms. The maximum Gasteiger partial charge on any atom is 0.262 e. The van der Waals surface area contributed by atoms with Crippen LogP contribution < -0.4 is 14.8 Å². The quantitative estimate of drug-likeness (QED) is 0.576. The number of ether oxygens (including phenoxy) is 1. The number of fused-ring (bicyclic) bond motifs is 1. The summed E-state index contributed by atoms with van der Waals surface area (Å²) in [5, 5.41) is 4.20. The normalized spacial score (nSPS) is 17.3. The highest BCUT2D eigenvalue weighted by molar-refractivity contribution is 7.92. The molecule has 0 aliphatic carbocycles. The number of aryl methyl sites for hydroxylation is 1. The summed E-state index contributed by atoms with van der Waals surface area (Å²) in [7, 11) is -2.29. The van der Waals surface area contributed by atoms with E-state index in [0.29, 0.717) is 24.0 Å². The van der Waals surface area contributed by atoms with Crippen molar-refractivity contribution in [2.45, 2.75) is 31.3 Å². The lowest BCUT2D eigenvalue weighted by Crippen LogP contribution is -2.48. The molecular weight excluding hydrogens is 438 g/mol. The molecule has 3 aromatic rings. The molecule has 0 radical (unpaired) electrons. The van der Waals surface area contributed by atoms with Crippen molar-refractivity contribution >= 4 is 39.1 Å². The van der Waals surface area contributed by atoms with Gasteiger partial charge in [0.15, 0.2) is 0 Å². The zero-order valence-electron chi connectivity index (χ0n) is 17.8. The maximum atomic E-state index is 13.2. The number of methoxy groups -OCH3 is 1. The number of nitrogens with one attached hydrogen (secondary N) is 2. The largest absolute Gasteiger partial charge is 0.495 e. The van der Waals surface area contributed by atoms with Gasteiger partial charge in [0.1, 0.15) is 11.3 Å². The third-order valence-corrected chi connectivity index (χ3v) is 6.70. The van der Waals surface area contributed by atoms with Crippen LogP contribution in [0.1, 0.15) is 18.1 Å². The van der Waals surface area contributed by atoms with Crippen molar-refractivity contribution in [2.24, 2.45) is 0 Å². The summed E-state index contributed by atoms with van der Waals surface area (Å²) in [5.74, 6) is 0.476. The number of rotatable bonds is 6. The predicted molar refractivity (Wildman–Crippen MR) is 125 cm³/mol. The molecule has 2 aromatic carbocycles. The number of anilines is 1. The van der Waals surface area contributed by atoms with Crippen LogP contribution in [0.4, 0.5) is 5.69 Å². The minimum absolute atomic E-state index is 0. The van der Waals surface area contributed by atoms with Crippen LogP contribution in [0.3, 0.4) is 0 Å². The van der Waals surface area contributed by atoms with Crippen molar-refractivity contribution < 1.29 is 17.6 Å². The van der Waals surface area contributed by atoms with Crippen molar-refractivity contribution in [1.29, 1.82) is 0 Å². The van der Waals surface area contributed by atoms with E-state index in [0.717, 1.165) is 41.7 Å². The Morgan fingerprint density at radius 2 is 2.06 bits per heavy atom. The topological polar surface area (TPSA) is 83.8 Å². The van der Waals surface area contributed by atoms with E-state index in [9.17, 15) is 8.42 Å². The molecule has 0 spiro atoms. The molecule has 4 rings (SSSR count). The molecule has 0 saturated carbocycles. The number of hydrogen-bond acceptors (Lipinski definition) is 6. The summed E-state index contributed by atoms with van der Waals surface area (Å²) in [5.41, 5.74) is 2.95. The van der Waals surface area contributed by atoms with Crippen molar-refractivity contribution in [2.75, 3.05) is 31.5 Å². The SMILES string of the molecule is COc1ccc(C)cc1NS(=O)(=O)c1cc(CN2CCNC(C)C2)c2occc2c1.Cl. The van der Waals surface area contributed by atoms with Crippen LogP contribution >= 0.6 is 12.4 Å². The van der Waals surface area contributed by atoms with Gasteiger partial charge in [-0.05, 0) is 49.7 Å². The molecule has 1 unspecified atom stereocenters. The van der Waals surface area contributed by atoms with Gasteiger partial charge in [0.2, 0.25) is 0 Å². The van der Waals surface area contributed by atoms with Gasteiger partial charge in [-0.2, -0.15) is 0 Å². The fourth-order valence-corrected chi connectivity index (χ4v) is 5.05. The molecule has 2 N–H and O–H groups in total. The van der Waals surface area contributed by atoms with Gasteiger partial charge in [-0.1, -0.05) is 6.07 Å². The Morgan fingerprint density at radius 3 is 2.81 bits per heavy atom. The number of nitrogens with zero attached hydrogens (tertiary/aromatic N) is 1. The summed E-state index contributed by atoms with van der Waals surface area (Å²) in [6, 6.07) is 10.9. The highest BCUT2D eigenvalue weighted by Crippen LogP contribution is 2.30. The van der Waals surface area contributed by atoms with Gasteiger partial charge < -0.3 is 14.5 Å². The molecule has 1 aliphatic heterocycles. The van der Waals surface area contributed by atoms with E-state index in [1.807, 2.05) is 13.0 Å². The molecule has 168 valence electrons. The number of hydrogen-bond donors (Lipinski definition) is 2. The fourth-order valence-electron chi connectivity index (χ4n) is 3.90. The Labute approximate surface area is 189 Å². The summed E-state index contributed by atoms with van der Waals surface area (Å²) in [6.45, 7) is 7.40. The Bertz CT molecular complexity index is 1160. The molecule has 1 aromatic heterocycles. The summed E-state index contributed by atoms with van der Waals surface area (Å²) >= 11 is 0. The maximum absolute atomic E-state index is 13.2. The Morgan fingerprint density at radius 1 is 1.26 bits per heavy atom. The van der Waals surface area contributed by atoms with E-state index in [2.05, 4.69) is 21.9 Å². The minimum Gasteiger partial charge on any atom is -0.495 e. The molecule has 31 heavy (non-hydrogen) atoms. The van der Waals surface area contributed by atoms with Crippen molar-refractivity contribution in [1.82, 2.24) is 10.2 Å². The monoisotopic (exact) mass is 465 g/mol. The second kappa shape index (κ2) is 9.48. The van der Waals surface area contributed by atoms with Crippen molar-refractivity contribution in [3.63, 3.8) is 0 Å².